The molecule has 9 heteroatoms. The normalized spacial score (nSPS) is 10.8. The van der Waals surface area contributed by atoms with Gasteiger partial charge in [-0.05, 0) is 31.4 Å². The summed E-state index contributed by atoms with van der Waals surface area (Å²) in [6, 6.07) is 1.55. The summed E-state index contributed by atoms with van der Waals surface area (Å²) in [5, 5.41) is 0.227. The van der Waals surface area contributed by atoms with Crippen molar-refractivity contribution in [2.45, 2.75) is 26.7 Å². The summed E-state index contributed by atoms with van der Waals surface area (Å²) in [6.07, 6.45) is 0.807. The Morgan fingerprint density at radius 2 is 1.85 bits per heavy atom. The number of pyridine rings is 1. The van der Waals surface area contributed by atoms with Crippen molar-refractivity contribution in [3.05, 3.63) is 38.2 Å². The maximum atomic E-state index is 12.4. The number of ether oxygens (including phenoxy) is 2. The van der Waals surface area contributed by atoms with E-state index in [-0.39, 0.29) is 29.9 Å². The summed E-state index contributed by atoms with van der Waals surface area (Å²) in [7, 11) is 2.86. The van der Waals surface area contributed by atoms with Crippen molar-refractivity contribution in [1.29, 1.82) is 0 Å². The van der Waals surface area contributed by atoms with Gasteiger partial charge in [-0.15, -0.1) is 0 Å². The standard InChI is InChI=1S/C17H21N3O6/c1-5-25-16(23)13-11(7-6-8-26-10(2)21)9-12-14(18-13)19(3)17(24)20(4)15(12)22/h9H,5-8H2,1-4H3. The first kappa shape index (κ1) is 19.4. The molecule has 0 aliphatic carbocycles. The van der Waals surface area contributed by atoms with E-state index in [0.717, 1.165) is 4.57 Å². The van der Waals surface area contributed by atoms with Crippen LogP contribution in [0, 0.1) is 0 Å². The number of hydrogen-bond donors (Lipinski definition) is 0. The zero-order valence-electron chi connectivity index (χ0n) is 15.2. The second-order valence-electron chi connectivity index (χ2n) is 5.74. The highest BCUT2D eigenvalue weighted by Crippen LogP contribution is 2.16. The molecule has 9 nitrogen and oxygen atoms in total. The van der Waals surface area contributed by atoms with E-state index in [4.69, 9.17) is 9.47 Å². The van der Waals surface area contributed by atoms with Gasteiger partial charge < -0.3 is 9.47 Å². The Morgan fingerprint density at radius 1 is 1.15 bits per heavy atom. The van der Waals surface area contributed by atoms with Gasteiger partial charge in [0.2, 0.25) is 0 Å². The molecule has 140 valence electrons. The summed E-state index contributed by atoms with van der Waals surface area (Å²) < 4.78 is 12.1. The highest BCUT2D eigenvalue weighted by atomic mass is 16.5. The van der Waals surface area contributed by atoms with Crippen LogP contribution in [0.1, 0.15) is 36.3 Å². The van der Waals surface area contributed by atoms with Crippen LogP contribution in [0.3, 0.4) is 0 Å². The summed E-state index contributed by atoms with van der Waals surface area (Å²) in [4.78, 5) is 51.8. The Balaban J connectivity index is 2.58. The van der Waals surface area contributed by atoms with Gasteiger partial charge in [0.1, 0.15) is 5.65 Å². The zero-order chi connectivity index (χ0) is 19.4. The van der Waals surface area contributed by atoms with Crippen molar-refractivity contribution in [2.75, 3.05) is 13.2 Å². The fourth-order valence-corrected chi connectivity index (χ4v) is 2.59. The number of esters is 2. The van der Waals surface area contributed by atoms with Crippen LogP contribution in [-0.4, -0.2) is 39.3 Å². The molecule has 2 rings (SSSR count). The number of hydrogen-bond acceptors (Lipinski definition) is 7. The molecule has 0 amide bonds. The zero-order valence-corrected chi connectivity index (χ0v) is 15.2. The number of nitrogens with zero attached hydrogens (tertiary/aromatic N) is 3. The Bertz CT molecular complexity index is 973. The maximum Gasteiger partial charge on any atom is 0.357 e. The molecule has 2 heterocycles. The second-order valence-corrected chi connectivity index (χ2v) is 5.74. The topological polar surface area (TPSA) is 109 Å². The van der Waals surface area contributed by atoms with Crippen molar-refractivity contribution >= 4 is 23.0 Å². The third kappa shape index (κ3) is 3.81. The largest absolute Gasteiger partial charge is 0.466 e. The molecule has 0 saturated heterocycles. The molecule has 0 aromatic carbocycles. The van der Waals surface area contributed by atoms with E-state index in [1.807, 2.05) is 0 Å². The van der Waals surface area contributed by atoms with Crippen molar-refractivity contribution < 1.29 is 19.1 Å². The van der Waals surface area contributed by atoms with Gasteiger partial charge in [-0.1, -0.05) is 0 Å². The fourth-order valence-electron chi connectivity index (χ4n) is 2.59. The minimum atomic E-state index is -0.634. The van der Waals surface area contributed by atoms with Crippen LogP contribution in [0.15, 0.2) is 15.7 Å². The molecule has 0 radical (unpaired) electrons. The average Bonchev–Trinajstić information content (AvgIpc) is 2.61. The highest BCUT2D eigenvalue weighted by molar-refractivity contribution is 5.92. The van der Waals surface area contributed by atoms with E-state index in [0.29, 0.717) is 18.4 Å². The lowest BCUT2D eigenvalue weighted by atomic mass is 10.1. The van der Waals surface area contributed by atoms with Crippen molar-refractivity contribution in [3.63, 3.8) is 0 Å². The van der Waals surface area contributed by atoms with Crippen LogP contribution in [-0.2, 0) is 34.8 Å². The molecule has 0 spiro atoms. The minimum Gasteiger partial charge on any atom is -0.466 e. The molecule has 0 N–H and O–H groups in total. The van der Waals surface area contributed by atoms with Crippen molar-refractivity contribution in [3.8, 4) is 0 Å². The molecule has 0 aliphatic heterocycles. The van der Waals surface area contributed by atoms with Gasteiger partial charge in [-0.25, -0.2) is 14.6 Å². The number of carbonyl (C=O) groups excluding carboxylic acids is 2. The molecule has 0 bridgehead atoms. The van der Waals surface area contributed by atoms with Gasteiger partial charge in [0, 0.05) is 21.0 Å². The van der Waals surface area contributed by atoms with Crippen LogP contribution in [0.5, 0.6) is 0 Å². The van der Waals surface area contributed by atoms with E-state index >= 15 is 0 Å². The summed E-state index contributed by atoms with van der Waals surface area (Å²) >= 11 is 0. The van der Waals surface area contributed by atoms with Gasteiger partial charge in [0.15, 0.2) is 5.69 Å². The van der Waals surface area contributed by atoms with E-state index in [1.54, 1.807) is 13.0 Å². The second kappa shape index (κ2) is 7.94. The Kier molecular flexibility index (Phi) is 5.91. The van der Waals surface area contributed by atoms with Crippen molar-refractivity contribution in [2.24, 2.45) is 14.1 Å². The monoisotopic (exact) mass is 363 g/mol. The van der Waals surface area contributed by atoms with E-state index in [1.165, 1.54) is 25.6 Å². The Hall–Kier alpha value is -2.97. The Morgan fingerprint density at radius 3 is 2.46 bits per heavy atom. The number of aromatic nitrogens is 3. The summed E-state index contributed by atoms with van der Waals surface area (Å²) in [5.41, 5.74) is -0.367. The predicted octanol–water partition coefficient (Wildman–Crippen LogP) is 0.305. The van der Waals surface area contributed by atoms with Crippen LogP contribution >= 0.6 is 0 Å². The molecule has 2 aromatic heterocycles. The van der Waals surface area contributed by atoms with Crippen molar-refractivity contribution in [1.82, 2.24) is 14.1 Å². The first-order valence-corrected chi connectivity index (χ1v) is 8.18. The SMILES string of the molecule is CCOC(=O)c1nc2c(cc1CCCOC(C)=O)c(=O)n(C)c(=O)n2C. The quantitative estimate of drug-likeness (QED) is 0.536. The van der Waals surface area contributed by atoms with Gasteiger partial charge in [0.25, 0.3) is 5.56 Å². The molecule has 0 aliphatic rings. The van der Waals surface area contributed by atoms with E-state index < -0.39 is 23.2 Å². The number of carbonyl (C=O) groups is 2. The third-order valence-corrected chi connectivity index (χ3v) is 3.87. The first-order chi connectivity index (χ1) is 12.3. The molecule has 0 atom stereocenters. The molecule has 0 unspecified atom stereocenters. The first-order valence-electron chi connectivity index (χ1n) is 8.18. The lowest BCUT2D eigenvalue weighted by molar-refractivity contribution is -0.141. The predicted molar refractivity (Wildman–Crippen MR) is 93.1 cm³/mol. The van der Waals surface area contributed by atoms with Crippen LogP contribution in [0.4, 0.5) is 0 Å². The lowest BCUT2D eigenvalue weighted by Crippen LogP contribution is -2.37. The molecule has 2 aromatic rings. The fraction of sp³-hybridized carbons (Fsp3) is 0.471. The maximum absolute atomic E-state index is 12.4. The average molecular weight is 363 g/mol. The minimum absolute atomic E-state index is 0.0467. The Labute approximate surface area is 149 Å². The van der Waals surface area contributed by atoms with Crippen LogP contribution < -0.4 is 11.2 Å². The molecular weight excluding hydrogens is 342 g/mol. The summed E-state index contributed by atoms with van der Waals surface area (Å²) in [5.74, 6) is -1.03. The van der Waals surface area contributed by atoms with Gasteiger partial charge in [0.05, 0.1) is 18.6 Å². The summed E-state index contributed by atoms with van der Waals surface area (Å²) in [6.45, 7) is 3.33. The lowest BCUT2D eigenvalue weighted by Gasteiger charge is -2.12. The van der Waals surface area contributed by atoms with Gasteiger partial charge in [-0.3, -0.25) is 18.7 Å². The number of fused-ring (bicyclic) bond motifs is 1. The van der Waals surface area contributed by atoms with E-state index in [9.17, 15) is 19.2 Å². The number of rotatable bonds is 6. The number of aryl methyl sites for hydroxylation is 2. The third-order valence-electron chi connectivity index (χ3n) is 3.87. The molecule has 0 fully saturated rings. The smallest absolute Gasteiger partial charge is 0.357 e. The molecule has 0 saturated carbocycles. The molecular formula is C17H21N3O6. The van der Waals surface area contributed by atoms with Crippen LogP contribution in [0.25, 0.3) is 11.0 Å². The highest BCUT2D eigenvalue weighted by Gasteiger charge is 2.19. The molecule has 26 heavy (non-hydrogen) atoms. The van der Waals surface area contributed by atoms with Crippen LogP contribution in [0.2, 0.25) is 0 Å². The van der Waals surface area contributed by atoms with Gasteiger partial charge >= 0.3 is 17.6 Å². The van der Waals surface area contributed by atoms with E-state index in [2.05, 4.69) is 4.98 Å². The van der Waals surface area contributed by atoms with Gasteiger partial charge in [-0.2, -0.15) is 0 Å².